The molecule has 2 heteroatoms. The van der Waals surface area contributed by atoms with Gasteiger partial charge in [-0.2, -0.15) is 0 Å². The summed E-state index contributed by atoms with van der Waals surface area (Å²) in [5, 5.41) is 0. The first-order chi connectivity index (χ1) is 2.56. The fourth-order valence-electron chi connectivity index (χ4n) is 0. The van der Waals surface area contributed by atoms with Crippen molar-refractivity contribution in [2.45, 2.75) is 25.7 Å². The Balaban J connectivity index is 3.17. The van der Waals surface area contributed by atoms with Crippen LogP contribution in [0.5, 0.6) is 0 Å². The van der Waals surface area contributed by atoms with Gasteiger partial charge in [0.2, 0.25) is 0 Å². The molecule has 0 radical (unpaired) electrons. The molecule has 0 aromatic rings. The van der Waals surface area contributed by atoms with Crippen LogP contribution in [-0.2, 0) is 0 Å². The van der Waals surface area contributed by atoms with E-state index in [1.807, 2.05) is 14.8 Å². The van der Waals surface area contributed by atoms with E-state index in [1.54, 1.807) is 0 Å². The fourth-order valence-corrected chi connectivity index (χ4v) is 0. The molecule has 0 aliphatic carbocycles. The maximum absolute atomic E-state index is 5.53. The van der Waals surface area contributed by atoms with Gasteiger partial charge in [-0.15, -0.1) is 0 Å². The SMILES string of the molecule is B[C@@](C)(N)CC. The van der Waals surface area contributed by atoms with Gasteiger partial charge >= 0.3 is 0 Å². The molecule has 0 bridgehead atoms. The molecule has 1 atom stereocenters. The predicted molar refractivity (Wildman–Crippen MR) is 31.4 cm³/mol. The Morgan fingerprint density at radius 3 is 2.00 bits per heavy atom. The van der Waals surface area contributed by atoms with Crippen molar-refractivity contribution >= 4 is 7.85 Å². The van der Waals surface area contributed by atoms with Crippen LogP contribution < -0.4 is 5.73 Å². The minimum absolute atomic E-state index is 0.0417. The van der Waals surface area contributed by atoms with Crippen molar-refractivity contribution in [1.29, 1.82) is 0 Å². The molecule has 0 amide bonds. The first-order valence-electron chi connectivity index (χ1n) is 2.35. The summed E-state index contributed by atoms with van der Waals surface area (Å²) < 4.78 is 0. The average Bonchev–Trinajstić information content (AvgIpc) is 1.35. The summed E-state index contributed by atoms with van der Waals surface area (Å²) in [4.78, 5) is 0. The zero-order chi connectivity index (χ0) is 5.21. The molecule has 0 fully saturated rings. The largest absolute Gasteiger partial charge is 0.333 e. The van der Waals surface area contributed by atoms with E-state index < -0.39 is 0 Å². The second kappa shape index (κ2) is 1.65. The van der Waals surface area contributed by atoms with Gasteiger partial charge in [-0.05, 0) is 11.9 Å². The third-order valence-electron chi connectivity index (χ3n) is 0.911. The second-order valence-electron chi connectivity index (χ2n) is 2.34. The first kappa shape index (κ1) is 6.02. The smallest absolute Gasteiger partial charge is 0.126 e. The van der Waals surface area contributed by atoms with E-state index >= 15 is 0 Å². The van der Waals surface area contributed by atoms with Gasteiger partial charge in [-0.3, -0.25) is 0 Å². The number of nitrogens with two attached hydrogens (primary N) is 1. The molecule has 6 heavy (non-hydrogen) atoms. The second-order valence-corrected chi connectivity index (χ2v) is 2.34. The molecule has 0 heterocycles. The van der Waals surface area contributed by atoms with Crippen LogP contribution in [0.4, 0.5) is 0 Å². The Morgan fingerprint density at radius 2 is 2.00 bits per heavy atom. The summed E-state index contributed by atoms with van der Waals surface area (Å²) in [6, 6.07) is 0. The van der Waals surface area contributed by atoms with Crippen molar-refractivity contribution in [2.75, 3.05) is 0 Å². The monoisotopic (exact) mass is 85.1 g/mol. The van der Waals surface area contributed by atoms with Crippen LogP contribution >= 0.6 is 0 Å². The molecule has 0 aliphatic rings. The van der Waals surface area contributed by atoms with E-state index in [2.05, 4.69) is 6.92 Å². The van der Waals surface area contributed by atoms with E-state index in [-0.39, 0.29) is 5.44 Å². The molecule has 0 saturated heterocycles. The molecule has 0 saturated carbocycles. The molecule has 0 aromatic heterocycles. The maximum atomic E-state index is 5.53. The lowest BCUT2D eigenvalue weighted by atomic mass is 9.79. The Kier molecular flexibility index (Phi) is 1.66. The molecular formula is C4H12BN. The summed E-state index contributed by atoms with van der Waals surface area (Å²) in [5.74, 6) is 0. The van der Waals surface area contributed by atoms with Gasteiger partial charge in [0, 0.05) is 0 Å². The number of hydrogen-bond acceptors (Lipinski definition) is 1. The van der Waals surface area contributed by atoms with Gasteiger partial charge in [0.15, 0.2) is 0 Å². The molecule has 2 N–H and O–H groups in total. The van der Waals surface area contributed by atoms with E-state index in [4.69, 9.17) is 5.73 Å². The average molecular weight is 85.0 g/mol. The van der Waals surface area contributed by atoms with Crippen molar-refractivity contribution < 1.29 is 0 Å². The van der Waals surface area contributed by atoms with E-state index in [1.165, 1.54) is 0 Å². The van der Waals surface area contributed by atoms with Gasteiger partial charge in [-0.25, -0.2) is 0 Å². The van der Waals surface area contributed by atoms with E-state index in [0.717, 1.165) is 6.42 Å². The highest BCUT2D eigenvalue weighted by Crippen LogP contribution is 1.94. The van der Waals surface area contributed by atoms with Crippen LogP contribution in [0.25, 0.3) is 0 Å². The minimum atomic E-state index is 0.0417. The Labute approximate surface area is 40.3 Å². The van der Waals surface area contributed by atoms with Crippen molar-refractivity contribution in [2.24, 2.45) is 5.73 Å². The quantitative estimate of drug-likeness (QED) is 0.435. The predicted octanol–water partition coefficient (Wildman–Crippen LogP) is -0.296. The molecule has 1 nitrogen and oxygen atoms in total. The Bertz CT molecular complexity index is 37.3. The molecule has 0 spiro atoms. The highest BCUT2D eigenvalue weighted by atomic mass is 14.7. The van der Waals surface area contributed by atoms with Gasteiger partial charge in [0.1, 0.15) is 7.85 Å². The topological polar surface area (TPSA) is 26.0 Å². The lowest BCUT2D eigenvalue weighted by Crippen LogP contribution is -2.35. The van der Waals surface area contributed by atoms with Crippen LogP contribution in [0.1, 0.15) is 20.3 Å². The molecule has 0 unspecified atom stereocenters. The molecule has 0 aliphatic heterocycles. The highest BCUT2D eigenvalue weighted by molar-refractivity contribution is 6.14. The maximum Gasteiger partial charge on any atom is 0.126 e. The first-order valence-corrected chi connectivity index (χ1v) is 2.35. The summed E-state index contributed by atoms with van der Waals surface area (Å²) in [7, 11) is 2.02. The third-order valence-corrected chi connectivity index (χ3v) is 0.911. The van der Waals surface area contributed by atoms with Crippen molar-refractivity contribution in [1.82, 2.24) is 0 Å². The van der Waals surface area contributed by atoms with E-state index in [0.29, 0.717) is 0 Å². The highest BCUT2D eigenvalue weighted by Gasteiger charge is 2.03. The van der Waals surface area contributed by atoms with Gasteiger partial charge < -0.3 is 5.73 Å². The van der Waals surface area contributed by atoms with Crippen molar-refractivity contribution in [3.8, 4) is 0 Å². The molecule has 36 valence electrons. The normalized spacial score (nSPS) is 19.8. The van der Waals surface area contributed by atoms with Gasteiger partial charge in [-0.1, -0.05) is 13.8 Å². The summed E-state index contributed by atoms with van der Waals surface area (Å²) in [6.45, 7) is 4.10. The Hall–Kier alpha value is 0.0249. The number of hydrogen-bond donors (Lipinski definition) is 1. The summed E-state index contributed by atoms with van der Waals surface area (Å²) in [6.07, 6.45) is 1.05. The van der Waals surface area contributed by atoms with E-state index in [9.17, 15) is 0 Å². The van der Waals surface area contributed by atoms with Crippen molar-refractivity contribution in [3.63, 3.8) is 0 Å². The summed E-state index contributed by atoms with van der Waals surface area (Å²) in [5.41, 5.74) is 5.58. The zero-order valence-electron chi connectivity index (χ0n) is 4.78. The zero-order valence-corrected chi connectivity index (χ0v) is 4.78. The fraction of sp³-hybridized carbons (Fsp3) is 1.00. The standard InChI is InChI=1S/C4H12BN/c1-3-4(2,5)6/h3,5-6H2,1-2H3/t4-/m0/s1. The molecule has 0 aromatic carbocycles. The lowest BCUT2D eigenvalue weighted by Gasteiger charge is -2.13. The van der Waals surface area contributed by atoms with Crippen LogP contribution in [0, 0.1) is 0 Å². The van der Waals surface area contributed by atoms with Crippen LogP contribution in [0.2, 0.25) is 0 Å². The van der Waals surface area contributed by atoms with Crippen LogP contribution in [0.3, 0.4) is 0 Å². The third kappa shape index (κ3) is 4.02. The molecule has 0 rings (SSSR count). The number of rotatable bonds is 1. The lowest BCUT2D eigenvalue weighted by molar-refractivity contribution is 0.636. The van der Waals surface area contributed by atoms with Gasteiger partial charge in [0.25, 0.3) is 0 Å². The molecular weight excluding hydrogens is 72.9 g/mol. The van der Waals surface area contributed by atoms with Crippen LogP contribution in [0.15, 0.2) is 0 Å². The van der Waals surface area contributed by atoms with Gasteiger partial charge in [0.05, 0.1) is 0 Å². The van der Waals surface area contributed by atoms with Crippen molar-refractivity contribution in [3.05, 3.63) is 0 Å². The van der Waals surface area contributed by atoms with Crippen LogP contribution in [-0.4, -0.2) is 13.3 Å². The minimum Gasteiger partial charge on any atom is -0.333 e. The summed E-state index contributed by atoms with van der Waals surface area (Å²) >= 11 is 0. The Morgan fingerprint density at radius 1 is 1.83 bits per heavy atom.